The van der Waals surface area contributed by atoms with Crippen LogP contribution in [0.4, 0.5) is 0 Å². The molecule has 1 aromatic heterocycles. The third-order valence-electron chi connectivity index (χ3n) is 3.67. The second kappa shape index (κ2) is 6.79. The number of carbonyl (C=O) groups is 1. The predicted octanol–water partition coefficient (Wildman–Crippen LogP) is 3.36. The first kappa shape index (κ1) is 16.3. The molecule has 1 heterocycles. The van der Waals surface area contributed by atoms with Gasteiger partial charge in [0.2, 0.25) is 5.91 Å². The van der Waals surface area contributed by atoms with Crippen LogP contribution in [0.25, 0.3) is 6.08 Å². The Bertz CT molecular complexity index is 701. The standard InChI is InChI=1S/C17H20ClN3O/c1-12-16(13(2)21(4)19-12)9-10-17(22)20(3)11-14-5-7-15(18)8-6-14/h5-10H,11H2,1-4H3. The zero-order valence-electron chi connectivity index (χ0n) is 13.3. The van der Waals surface area contributed by atoms with E-state index in [9.17, 15) is 4.79 Å². The molecule has 22 heavy (non-hydrogen) atoms. The SMILES string of the molecule is Cc1nn(C)c(C)c1C=CC(=O)N(C)Cc1ccc(Cl)cc1. The number of aromatic nitrogens is 2. The van der Waals surface area contributed by atoms with Gasteiger partial charge in [-0.25, -0.2) is 0 Å². The van der Waals surface area contributed by atoms with Crippen LogP contribution >= 0.6 is 11.6 Å². The highest BCUT2D eigenvalue weighted by atomic mass is 35.5. The second-order valence-electron chi connectivity index (χ2n) is 5.36. The monoisotopic (exact) mass is 317 g/mol. The van der Waals surface area contributed by atoms with Crippen molar-refractivity contribution in [3.05, 3.63) is 57.9 Å². The fourth-order valence-electron chi connectivity index (χ4n) is 2.25. The number of aryl methyl sites for hydroxylation is 2. The van der Waals surface area contributed by atoms with Crippen molar-refractivity contribution in [3.63, 3.8) is 0 Å². The molecule has 116 valence electrons. The summed E-state index contributed by atoms with van der Waals surface area (Å²) in [4.78, 5) is 13.9. The van der Waals surface area contributed by atoms with E-state index in [4.69, 9.17) is 11.6 Å². The van der Waals surface area contributed by atoms with Crippen LogP contribution in [0.2, 0.25) is 5.02 Å². The second-order valence-corrected chi connectivity index (χ2v) is 5.80. The normalized spacial score (nSPS) is 11.1. The molecule has 0 N–H and O–H groups in total. The van der Waals surface area contributed by atoms with Gasteiger partial charge in [-0.05, 0) is 37.6 Å². The van der Waals surface area contributed by atoms with E-state index in [0.29, 0.717) is 11.6 Å². The Morgan fingerprint density at radius 1 is 1.32 bits per heavy atom. The molecule has 1 amide bonds. The summed E-state index contributed by atoms with van der Waals surface area (Å²) in [7, 11) is 3.68. The van der Waals surface area contributed by atoms with Gasteiger partial charge in [0.1, 0.15) is 0 Å². The molecule has 0 saturated carbocycles. The number of amides is 1. The summed E-state index contributed by atoms with van der Waals surface area (Å²) >= 11 is 5.86. The van der Waals surface area contributed by atoms with Gasteiger partial charge in [0.05, 0.1) is 5.69 Å². The summed E-state index contributed by atoms with van der Waals surface area (Å²) in [5, 5.41) is 5.03. The molecule has 0 saturated heterocycles. The lowest BCUT2D eigenvalue weighted by atomic mass is 10.1. The topological polar surface area (TPSA) is 38.1 Å². The fourth-order valence-corrected chi connectivity index (χ4v) is 2.38. The van der Waals surface area contributed by atoms with Gasteiger partial charge in [-0.1, -0.05) is 23.7 Å². The number of carbonyl (C=O) groups excluding carboxylic acids is 1. The third kappa shape index (κ3) is 3.77. The number of hydrogen-bond acceptors (Lipinski definition) is 2. The summed E-state index contributed by atoms with van der Waals surface area (Å²) in [5.74, 6) is -0.0439. The van der Waals surface area contributed by atoms with Crippen molar-refractivity contribution in [2.75, 3.05) is 7.05 Å². The first-order valence-electron chi connectivity index (χ1n) is 7.06. The van der Waals surface area contributed by atoms with Gasteiger partial charge < -0.3 is 4.90 Å². The molecular formula is C17H20ClN3O. The van der Waals surface area contributed by atoms with E-state index in [-0.39, 0.29) is 5.91 Å². The lowest BCUT2D eigenvalue weighted by Gasteiger charge is -2.15. The molecule has 0 atom stereocenters. The van der Waals surface area contributed by atoms with Crippen LogP contribution in [0.1, 0.15) is 22.5 Å². The molecule has 5 heteroatoms. The summed E-state index contributed by atoms with van der Waals surface area (Å²) in [6.45, 7) is 4.47. The molecule has 0 aliphatic heterocycles. The van der Waals surface area contributed by atoms with Crippen LogP contribution in [0.15, 0.2) is 30.3 Å². The first-order valence-corrected chi connectivity index (χ1v) is 7.44. The third-order valence-corrected chi connectivity index (χ3v) is 3.92. The number of nitrogens with zero attached hydrogens (tertiary/aromatic N) is 3. The fraction of sp³-hybridized carbons (Fsp3) is 0.294. The molecule has 0 spiro atoms. The van der Waals surface area contributed by atoms with Crippen molar-refractivity contribution in [1.82, 2.24) is 14.7 Å². The Balaban J connectivity index is 2.04. The number of halogens is 1. The van der Waals surface area contributed by atoms with E-state index in [2.05, 4.69) is 5.10 Å². The lowest BCUT2D eigenvalue weighted by molar-refractivity contribution is -0.125. The van der Waals surface area contributed by atoms with Crippen LogP contribution in [-0.2, 0) is 18.4 Å². The Morgan fingerprint density at radius 2 is 1.95 bits per heavy atom. The van der Waals surface area contributed by atoms with E-state index >= 15 is 0 Å². The molecule has 0 fully saturated rings. The molecule has 0 aliphatic carbocycles. The van der Waals surface area contributed by atoms with Gasteiger partial charge >= 0.3 is 0 Å². The highest BCUT2D eigenvalue weighted by Gasteiger charge is 2.09. The van der Waals surface area contributed by atoms with E-state index in [0.717, 1.165) is 22.5 Å². The van der Waals surface area contributed by atoms with Gasteiger partial charge in [0.15, 0.2) is 0 Å². The smallest absolute Gasteiger partial charge is 0.246 e. The molecule has 0 aliphatic rings. The number of benzene rings is 1. The zero-order chi connectivity index (χ0) is 16.3. The molecule has 0 unspecified atom stereocenters. The molecule has 2 rings (SSSR count). The first-order chi connectivity index (χ1) is 10.4. The average molecular weight is 318 g/mol. The van der Waals surface area contributed by atoms with Crippen LogP contribution < -0.4 is 0 Å². The van der Waals surface area contributed by atoms with E-state index in [1.165, 1.54) is 0 Å². The van der Waals surface area contributed by atoms with Gasteiger partial charge in [0.25, 0.3) is 0 Å². The Kier molecular flexibility index (Phi) is 5.03. The van der Waals surface area contributed by atoms with Crippen molar-refractivity contribution in [3.8, 4) is 0 Å². The highest BCUT2D eigenvalue weighted by Crippen LogP contribution is 2.14. The van der Waals surface area contributed by atoms with E-state index < -0.39 is 0 Å². The van der Waals surface area contributed by atoms with Crippen LogP contribution in [0.5, 0.6) is 0 Å². The molecule has 2 aromatic rings. The maximum absolute atomic E-state index is 12.2. The quantitative estimate of drug-likeness (QED) is 0.811. The molecule has 1 aromatic carbocycles. The van der Waals surface area contributed by atoms with Gasteiger partial charge in [-0.15, -0.1) is 0 Å². The maximum Gasteiger partial charge on any atom is 0.246 e. The van der Waals surface area contributed by atoms with Gasteiger partial charge in [-0.3, -0.25) is 9.48 Å². The van der Waals surface area contributed by atoms with Gasteiger partial charge in [0, 0.05) is 43.0 Å². The van der Waals surface area contributed by atoms with Crippen LogP contribution in [0.3, 0.4) is 0 Å². The molecule has 0 radical (unpaired) electrons. The largest absolute Gasteiger partial charge is 0.338 e. The Morgan fingerprint density at radius 3 is 2.50 bits per heavy atom. The minimum Gasteiger partial charge on any atom is -0.338 e. The summed E-state index contributed by atoms with van der Waals surface area (Å²) in [5.41, 5.74) is 4.00. The minimum atomic E-state index is -0.0439. The lowest BCUT2D eigenvalue weighted by Crippen LogP contribution is -2.24. The van der Waals surface area contributed by atoms with Crippen molar-refractivity contribution >= 4 is 23.6 Å². The van der Waals surface area contributed by atoms with Crippen LogP contribution in [-0.4, -0.2) is 27.6 Å². The Hall–Kier alpha value is -2.07. The van der Waals surface area contributed by atoms with E-state index in [1.54, 1.807) is 18.0 Å². The highest BCUT2D eigenvalue weighted by molar-refractivity contribution is 6.30. The average Bonchev–Trinajstić information content (AvgIpc) is 2.72. The molecular weight excluding hydrogens is 298 g/mol. The van der Waals surface area contributed by atoms with Gasteiger partial charge in [-0.2, -0.15) is 5.10 Å². The zero-order valence-corrected chi connectivity index (χ0v) is 14.1. The molecule has 0 bridgehead atoms. The number of rotatable bonds is 4. The van der Waals surface area contributed by atoms with Crippen LogP contribution in [0, 0.1) is 13.8 Å². The number of hydrogen-bond donors (Lipinski definition) is 0. The summed E-state index contributed by atoms with van der Waals surface area (Å²) in [6, 6.07) is 7.50. The molecule has 4 nitrogen and oxygen atoms in total. The van der Waals surface area contributed by atoms with Crippen molar-refractivity contribution < 1.29 is 4.79 Å². The number of likely N-dealkylation sites (N-methyl/N-ethyl adjacent to an activating group) is 1. The van der Waals surface area contributed by atoms with Crippen molar-refractivity contribution in [2.45, 2.75) is 20.4 Å². The summed E-state index contributed by atoms with van der Waals surface area (Å²) < 4.78 is 1.82. The minimum absolute atomic E-state index is 0.0439. The van der Waals surface area contributed by atoms with Crippen molar-refractivity contribution in [2.24, 2.45) is 7.05 Å². The summed E-state index contributed by atoms with van der Waals surface area (Å²) in [6.07, 6.45) is 3.42. The van der Waals surface area contributed by atoms with E-state index in [1.807, 2.05) is 55.9 Å². The van der Waals surface area contributed by atoms with Crippen molar-refractivity contribution in [1.29, 1.82) is 0 Å². The Labute approximate surface area is 136 Å². The maximum atomic E-state index is 12.2. The predicted molar refractivity (Wildman–Crippen MR) is 89.6 cm³/mol.